The summed E-state index contributed by atoms with van der Waals surface area (Å²) in [6.07, 6.45) is 5.27. The fourth-order valence-corrected chi connectivity index (χ4v) is 4.84. The molecule has 0 aliphatic rings. The maximum absolute atomic E-state index is 13.3. The van der Waals surface area contributed by atoms with Crippen LogP contribution in [0.2, 0.25) is 0 Å². The van der Waals surface area contributed by atoms with Crippen LogP contribution in [0.4, 0.5) is 5.69 Å². The molecular weight excluding hydrogens is 436 g/mol. The molecule has 4 rings (SSSR count). The molecule has 33 heavy (non-hydrogen) atoms. The van der Waals surface area contributed by atoms with Gasteiger partial charge in [-0.1, -0.05) is 42.5 Å². The van der Waals surface area contributed by atoms with Gasteiger partial charge in [-0.25, -0.2) is 13.4 Å². The molecule has 0 spiro atoms. The minimum Gasteiger partial charge on any atom is -0.350 e. The molecule has 1 aromatic heterocycles. The van der Waals surface area contributed by atoms with Gasteiger partial charge in [-0.3, -0.25) is 9.10 Å². The predicted molar refractivity (Wildman–Crippen MR) is 128 cm³/mol. The molecule has 0 saturated heterocycles. The van der Waals surface area contributed by atoms with Crippen molar-refractivity contribution >= 4 is 21.6 Å². The van der Waals surface area contributed by atoms with Crippen LogP contribution in [0.1, 0.15) is 11.1 Å². The zero-order valence-electron chi connectivity index (χ0n) is 18.1. The molecule has 4 aromatic rings. The Morgan fingerprint density at radius 3 is 2.42 bits per heavy atom. The highest BCUT2D eigenvalue weighted by Gasteiger charge is 2.27. The molecule has 1 N–H and O–H groups in total. The molecule has 0 bridgehead atoms. The van der Waals surface area contributed by atoms with E-state index in [0.717, 1.165) is 21.1 Å². The van der Waals surface area contributed by atoms with Gasteiger partial charge in [-0.15, -0.1) is 0 Å². The monoisotopic (exact) mass is 460 g/mol. The van der Waals surface area contributed by atoms with Crippen molar-refractivity contribution < 1.29 is 13.2 Å². The van der Waals surface area contributed by atoms with E-state index in [4.69, 9.17) is 0 Å². The Bertz CT molecular complexity index is 1320. The van der Waals surface area contributed by atoms with Gasteiger partial charge in [0, 0.05) is 24.6 Å². The Labute approximate surface area is 193 Å². The molecule has 0 unspecified atom stereocenters. The molecule has 1 heterocycles. The van der Waals surface area contributed by atoms with E-state index in [1.165, 1.54) is 12.1 Å². The Hall–Kier alpha value is -3.91. The lowest BCUT2D eigenvalue weighted by atomic mass is 10.2. The van der Waals surface area contributed by atoms with Crippen LogP contribution in [0.25, 0.3) is 5.69 Å². The molecule has 7 nitrogen and oxygen atoms in total. The van der Waals surface area contributed by atoms with Gasteiger partial charge < -0.3 is 9.88 Å². The van der Waals surface area contributed by atoms with E-state index in [1.807, 2.05) is 48.0 Å². The van der Waals surface area contributed by atoms with Crippen LogP contribution in [0, 0.1) is 6.92 Å². The third-order valence-electron chi connectivity index (χ3n) is 5.14. The highest BCUT2D eigenvalue weighted by Crippen LogP contribution is 2.24. The predicted octanol–water partition coefficient (Wildman–Crippen LogP) is 3.69. The number of aromatic nitrogens is 2. The summed E-state index contributed by atoms with van der Waals surface area (Å²) in [6, 6.07) is 22.9. The number of hydrogen-bond acceptors (Lipinski definition) is 4. The van der Waals surface area contributed by atoms with Crippen LogP contribution in [-0.4, -0.2) is 30.4 Å². The van der Waals surface area contributed by atoms with E-state index >= 15 is 0 Å². The number of aryl methyl sites for hydroxylation is 1. The normalized spacial score (nSPS) is 11.2. The van der Waals surface area contributed by atoms with Crippen molar-refractivity contribution in [1.29, 1.82) is 0 Å². The van der Waals surface area contributed by atoms with Crippen molar-refractivity contribution in [3.8, 4) is 5.69 Å². The molecule has 1 amide bonds. The van der Waals surface area contributed by atoms with Crippen LogP contribution in [0.3, 0.4) is 0 Å². The van der Waals surface area contributed by atoms with Gasteiger partial charge in [0.05, 0.1) is 16.9 Å². The topological polar surface area (TPSA) is 84.3 Å². The summed E-state index contributed by atoms with van der Waals surface area (Å²) >= 11 is 0. The molecule has 0 radical (unpaired) electrons. The number of nitrogens with one attached hydrogen (secondary N) is 1. The van der Waals surface area contributed by atoms with Crippen molar-refractivity contribution in [2.24, 2.45) is 0 Å². The van der Waals surface area contributed by atoms with Crippen LogP contribution >= 0.6 is 0 Å². The maximum atomic E-state index is 13.3. The van der Waals surface area contributed by atoms with Crippen molar-refractivity contribution in [2.45, 2.75) is 18.4 Å². The van der Waals surface area contributed by atoms with Gasteiger partial charge in [-0.2, -0.15) is 0 Å². The number of nitrogens with zero attached hydrogens (tertiary/aromatic N) is 3. The van der Waals surface area contributed by atoms with Crippen LogP contribution in [0.15, 0.2) is 102 Å². The molecule has 0 aliphatic heterocycles. The lowest BCUT2D eigenvalue weighted by molar-refractivity contribution is -0.119. The largest absolute Gasteiger partial charge is 0.350 e. The Morgan fingerprint density at radius 2 is 1.76 bits per heavy atom. The van der Waals surface area contributed by atoms with Gasteiger partial charge in [0.2, 0.25) is 5.91 Å². The standard InChI is InChI=1S/C25H24N4O3S/c1-20-6-5-7-23(16-20)29(33(31,32)24-8-3-2-4-9-24)18-25(30)27-17-21-10-12-22(13-11-21)28-15-14-26-19-28/h2-16,19H,17-18H2,1H3,(H,27,30). The summed E-state index contributed by atoms with van der Waals surface area (Å²) < 4.78 is 29.7. The van der Waals surface area contributed by atoms with E-state index < -0.39 is 15.9 Å². The quantitative estimate of drug-likeness (QED) is 0.435. The van der Waals surface area contributed by atoms with Crippen molar-refractivity contribution in [3.63, 3.8) is 0 Å². The third kappa shape index (κ3) is 5.30. The second kappa shape index (κ2) is 9.70. The van der Waals surface area contributed by atoms with Crippen LogP contribution in [0.5, 0.6) is 0 Å². The average molecular weight is 461 g/mol. The first-order valence-electron chi connectivity index (χ1n) is 10.4. The third-order valence-corrected chi connectivity index (χ3v) is 6.92. The fourth-order valence-electron chi connectivity index (χ4n) is 3.40. The van der Waals surface area contributed by atoms with Crippen molar-refractivity contribution in [2.75, 3.05) is 10.8 Å². The van der Waals surface area contributed by atoms with Gasteiger partial charge >= 0.3 is 0 Å². The molecule has 8 heteroatoms. The zero-order chi connectivity index (χ0) is 23.3. The molecule has 0 aliphatic carbocycles. The Morgan fingerprint density at radius 1 is 1.00 bits per heavy atom. The van der Waals surface area contributed by atoms with Gasteiger partial charge in [-0.05, 0) is 54.4 Å². The van der Waals surface area contributed by atoms with Gasteiger partial charge in [0.25, 0.3) is 10.0 Å². The summed E-state index contributed by atoms with van der Waals surface area (Å²) in [5.74, 6) is -0.394. The van der Waals surface area contributed by atoms with E-state index in [0.29, 0.717) is 5.69 Å². The Kier molecular flexibility index (Phi) is 6.55. The number of benzene rings is 3. The Balaban J connectivity index is 1.49. The molecular formula is C25H24N4O3S. The van der Waals surface area contributed by atoms with Crippen molar-refractivity contribution in [3.05, 3.63) is 109 Å². The summed E-state index contributed by atoms with van der Waals surface area (Å²) in [4.78, 5) is 17.0. The first-order chi connectivity index (χ1) is 15.9. The average Bonchev–Trinajstić information content (AvgIpc) is 3.37. The number of carbonyl (C=O) groups excluding carboxylic acids is 1. The molecule has 0 atom stereocenters. The summed E-state index contributed by atoms with van der Waals surface area (Å²) in [5.41, 5.74) is 3.21. The van der Waals surface area contributed by atoms with E-state index in [1.54, 1.807) is 48.9 Å². The number of amides is 1. The number of anilines is 1. The lowest BCUT2D eigenvalue weighted by Gasteiger charge is -2.24. The van der Waals surface area contributed by atoms with E-state index in [-0.39, 0.29) is 18.0 Å². The number of carbonyl (C=O) groups is 1. The minimum absolute atomic E-state index is 0.134. The lowest BCUT2D eigenvalue weighted by Crippen LogP contribution is -2.40. The van der Waals surface area contributed by atoms with E-state index in [9.17, 15) is 13.2 Å². The van der Waals surface area contributed by atoms with E-state index in [2.05, 4.69) is 10.3 Å². The molecule has 3 aromatic carbocycles. The van der Waals surface area contributed by atoms with Crippen molar-refractivity contribution in [1.82, 2.24) is 14.9 Å². The van der Waals surface area contributed by atoms with Crippen LogP contribution in [-0.2, 0) is 21.4 Å². The summed E-state index contributed by atoms with van der Waals surface area (Å²) in [7, 11) is -3.92. The zero-order valence-corrected chi connectivity index (χ0v) is 18.9. The smallest absolute Gasteiger partial charge is 0.264 e. The fraction of sp³-hybridized carbons (Fsp3) is 0.120. The molecule has 0 fully saturated rings. The minimum atomic E-state index is -3.92. The maximum Gasteiger partial charge on any atom is 0.264 e. The van der Waals surface area contributed by atoms with Gasteiger partial charge in [0.15, 0.2) is 0 Å². The number of rotatable bonds is 8. The molecule has 168 valence electrons. The second-order valence-electron chi connectivity index (χ2n) is 7.58. The summed E-state index contributed by atoms with van der Waals surface area (Å²) in [5, 5.41) is 2.83. The number of imidazole rings is 1. The SMILES string of the molecule is Cc1cccc(N(CC(=O)NCc2ccc(-n3ccnc3)cc2)S(=O)(=O)c2ccccc2)c1. The summed E-state index contributed by atoms with van der Waals surface area (Å²) in [6.45, 7) is 1.84. The number of hydrogen-bond donors (Lipinski definition) is 1. The number of sulfonamides is 1. The first kappa shape index (κ1) is 22.3. The van der Waals surface area contributed by atoms with Crippen LogP contribution < -0.4 is 9.62 Å². The second-order valence-corrected chi connectivity index (χ2v) is 9.44. The first-order valence-corrected chi connectivity index (χ1v) is 11.9. The highest BCUT2D eigenvalue weighted by molar-refractivity contribution is 7.92. The molecule has 0 saturated carbocycles. The van der Waals surface area contributed by atoms with Gasteiger partial charge in [0.1, 0.15) is 6.54 Å². The highest BCUT2D eigenvalue weighted by atomic mass is 32.2.